The fourth-order valence-corrected chi connectivity index (χ4v) is 2.09. The number of imide groups is 1. The average molecular weight is 301 g/mol. The molecule has 0 atom stereocenters. The zero-order chi connectivity index (χ0) is 15.2. The number of anilines is 1. The fourth-order valence-electron chi connectivity index (χ4n) is 1.93. The predicted molar refractivity (Wildman–Crippen MR) is 69.6 cm³/mol. The summed E-state index contributed by atoms with van der Waals surface area (Å²) in [4.78, 5) is 28.3. The molecule has 2 amide bonds. The first-order valence-electron chi connectivity index (χ1n) is 5.74. The maximum Gasteiger partial charge on any atom is 0.278 e. The van der Waals surface area contributed by atoms with Crippen molar-refractivity contribution in [3.63, 3.8) is 0 Å². The molecule has 1 aromatic rings. The van der Waals surface area contributed by atoms with Crippen LogP contribution in [0, 0.1) is 6.92 Å². The van der Waals surface area contributed by atoms with Gasteiger partial charge in [0, 0.05) is 24.3 Å². The number of amides is 2. The highest BCUT2D eigenvalue weighted by Crippen LogP contribution is 2.34. The Hall–Kier alpha value is -1.82. The standard InChI is InChI=1S/C13H11ClF2N2O2/c1-6-5-17-9(4-8(6)13(3,15)16)18-11(19)7(2)10(14)12(18)20/h4-5H,1-3H3. The van der Waals surface area contributed by atoms with Gasteiger partial charge >= 0.3 is 0 Å². The molecular weight excluding hydrogens is 290 g/mol. The van der Waals surface area contributed by atoms with Crippen LogP contribution in [0.25, 0.3) is 0 Å². The second-order valence-corrected chi connectivity index (χ2v) is 5.01. The smallest absolute Gasteiger partial charge is 0.268 e. The lowest BCUT2D eigenvalue weighted by Gasteiger charge is -2.18. The molecule has 0 fully saturated rings. The van der Waals surface area contributed by atoms with Crippen LogP contribution in [0.1, 0.15) is 25.0 Å². The Balaban J connectivity index is 2.52. The van der Waals surface area contributed by atoms with Gasteiger partial charge in [0.2, 0.25) is 0 Å². The highest BCUT2D eigenvalue weighted by molar-refractivity contribution is 6.52. The van der Waals surface area contributed by atoms with E-state index in [1.54, 1.807) is 0 Å². The third kappa shape index (κ3) is 2.20. The minimum atomic E-state index is -3.10. The van der Waals surface area contributed by atoms with Crippen molar-refractivity contribution < 1.29 is 18.4 Å². The van der Waals surface area contributed by atoms with Crippen LogP contribution in [-0.4, -0.2) is 16.8 Å². The number of halogens is 3. The van der Waals surface area contributed by atoms with Crippen molar-refractivity contribution in [3.8, 4) is 0 Å². The summed E-state index contributed by atoms with van der Waals surface area (Å²) in [5.41, 5.74) is 0.0590. The number of aromatic nitrogens is 1. The number of rotatable bonds is 2. The van der Waals surface area contributed by atoms with Crippen molar-refractivity contribution >= 4 is 29.2 Å². The van der Waals surface area contributed by atoms with Crippen molar-refractivity contribution in [2.24, 2.45) is 0 Å². The third-order valence-electron chi connectivity index (χ3n) is 3.03. The molecule has 0 N–H and O–H groups in total. The average Bonchev–Trinajstić information content (AvgIpc) is 2.54. The minimum Gasteiger partial charge on any atom is -0.268 e. The normalized spacial score (nSPS) is 16.4. The van der Waals surface area contributed by atoms with Gasteiger partial charge in [-0.15, -0.1) is 0 Å². The molecule has 7 heteroatoms. The van der Waals surface area contributed by atoms with Gasteiger partial charge in [0.1, 0.15) is 10.9 Å². The lowest BCUT2D eigenvalue weighted by Crippen LogP contribution is -2.32. The Morgan fingerprint density at radius 3 is 2.30 bits per heavy atom. The Bertz CT molecular complexity index is 626. The Morgan fingerprint density at radius 1 is 1.25 bits per heavy atom. The van der Waals surface area contributed by atoms with E-state index in [0.29, 0.717) is 4.90 Å². The molecule has 0 spiro atoms. The molecule has 1 aliphatic heterocycles. The van der Waals surface area contributed by atoms with E-state index in [0.717, 1.165) is 13.0 Å². The Kier molecular flexibility index (Phi) is 3.37. The first-order chi connectivity index (χ1) is 9.14. The molecule has 0 saturated heterocycles. The largest absolute Gasteiger partial charge is 0.278 e. The topological polar surface area (TPSA) is 50.3 Å². The zero-order valence-electron chi connectivity index (χ0n) is 11.0. The van der Waals surface area contributed by atoms with Crippen LogP contribution >= 0.6 is 11.6 Å². The molecule has 0 radical (unpaired) electrons. The van der Waals surface area contributed by atoms with E-state index in [1.807, 2.05) is 0 Å². The SMILES string of the molecule is CC1=C(Cl)C(=O)N(c2cc(C(C)(F)F)c(C)cn2)C1=O. The number of hydrogen-bond donors (Lipinski definition) is 0. The summed E-state index contributed by atoms with van der Waals surface area (Å²) in [7, 11) is 0. The van der Waals surface area contributed by atoms with Gasteiger partial charge < -0.3 is 0 Å². The molecule has 106 valence electrons. The molecule has 0 bridgehead atoms. The summed E-state index contributed by atoms with van der Waals surface area (Å²) >= 11 is 5.71. The van der Waals surface area contributed by atoms with Crippen LogP contribution in [0.4, 0.5) is 14.6 Å². The summed E-state index contributed by atoms with van der Waals surface area (Å²) in [5, 5.41) is -0.220. The third-order valence-corrected chi connectivity index (χ3v) is 3.48. The van der Waals surface area contributed by atoms with Crippen molar-refractivity contribution in [2.45, 2.75) is 26.7 Å². The Labute approximate surface area is 119 Å². The molecule has 1 aromatic heterocycles. The summed E-state index contributed by atoms with van der Waals surface area (Å²) in [6.07, 6.45) is 1.20. The molecule has 1 aliphatic rings. The number of hydrogen-bond acceptors (Lipinski definition) is 3. The number of carbonyl (C=O) groups excluding carboxylic acids is 2. The summed E-state index contributed by atoms with van der Waals surface area (Å²) in [6.45, 7) is 3.61. The monoisotopic (exact) mass is 300 g/mol. The van der Waals surface area contributed by atoms with Crippen LogP contribution in [0.3, 0.4) is 0 Å². The van der Waals surface area contributed by atoms with Gasteiger partial charge in [-0.3, -0.25) is 9.59 Å². The maximum atomic E-state index is 13.5. The second-order valence-electron chi connectivity index (χ2n) is 4.63. The van der Waals surface area contributed by atoms with Gasteiger partial charge in [0.05, 0.1) is 0 Å². The summed E-state index contributed by atoms with van der Waals surface area (Å²) in [6, 6.07) is 1.04. The molecule has 0 saturated carbocycles. The van der Waals surface area contributed by atoms with Crippen LogP contribution in [0.5, 0.6) is 0 Å². The van der Waals surface area contributed by atoms with Gasteiger partial charge in [-0.05, 0) is 25.5 Å². The molecule has 0 aliphatic carbocycles. The summed E-state index contributed by atoms with van der Waals surface area (Å²) in [5.74, 6) is -4.66. The van der Waals surface area contributed by atoms with E-state index in [9.17, 15) is 18.4 Å². The van der Waals surface area contributed by atoms with Crippen molar-refractivity contribution in [1.82, 2.24) is 4.98 Å². The van der Waals surface area contributed by atoms with Crippen LogP contribution in [0.2, 0.25) is 0 Å². The van der Waals surface area contributed by atoms with Crippen LogP contribution < -0.4 is 4.90 Å². The quantitative estimate of drug-likeness (QED) is 0.789. The highest BCUT2D eigenvalue weighted by Gasteiger charge is 2.38. The van der Waals surface area contributed by atoms with E-state index in [-0.39, 0.29) is 27.6 Å². The van der Waals surface area contributed by atoms with Crippen LogP contribution in [-0.2, 0) is 15.5 Å². The number of aryl methyl sites for hydroxylation is 1. The molecule has 4 nitrogen and oxygen atoms in total. The molecule has 2 heterocycles. The Morgan fingerprint density at radius 2 is 1.85 bits per heavy atom. The zero-order valence-corrected chi connectivity index (χ0v) is 11.8. The molecule has 0 unspecified atom stereocenters. The molecule has 0 aromatic carbocycles. The van der Waals surface area contributed by atoms with E-state index in [4.69, 9.17) is 11.6 Å². The minimum absolute atomic E-state index is 0.0730. The maximum absolute atomic E-state index is 13.5. The molecular formula is C13H11ClF2N2O2. The van der Waals surface area contributed by atoms with Crippen molar-refractivity contribution in [2.75, 3.05) is 4.90 Å². The molecule has 20 heavy (non-hydrogen) atoms. The van der Waals surface area contributed by atoms with Crippen molar-refractivity contribution in [1.29, 1.82) is 0 Å². The number of alkyl halides is 2. The lowest BCUT2D eigenvalue weighted by molar-refractivity contribution is -0.120. The molecule has 2 rings (SSSR count). The lowest BCUT2D eigenvalue weighted by atomic mass is 10.1. The number of pyridine rings is 1. The first-order valence-corrected chi connectivity index (χ1v) is 6.12. The summed E-state index contributed by atoms with van der Waals surface area (Å²) < 4.78 is 27.0. The van der Waals surface area contributed by atoms with Gasteiger partial charge in [0.15, 0.2) is 0 Å². The van der Waals surface area contributed by atoms with E-state index < -0.39 is 17.7 Å². The fraction of sp³-hybridized carbons (Fsp3) is 0.308. The van der Waals surface area contributed by atoms with E-state index in [2.05, 4.69) is 4.98 Å². The van der Waals surface area contributed by atoms with Crippen molar-refractivity contribution in [3.05, 3.63) is 34.0 Å². The van der Waals surface area contributed by atoms with E-state index in [1.165, 1.54) is 20.0 Å². The number of carbonyl (C=O) groups is 2. The van der Waals surface area contributed by atoms with Gasteiger partial charge in [-0.1, -0.05) is 11.6 Å². The van der Waals surface area contributed by atoms with Gasteiger partial charge in [-0.25, -0.2) is 18.7 Å². The van der Waals surface area contributed by atoms with Gasteiger partial charge in [0.25, 0.3) is 17.7 Å². The predicted octanol–water partition coefficient (Wildman–Crippen LogP) is 2.89. The van der Waals surface area contributed by atoms with Crippen LogP contribution in [0.15, 0.2) is 22.9 Å². The second kappa shape index (κ2) is 4.63. The highest BCUT2D eigenvalue weighted by atomic mass is 35.5. The van der Waals surface area contributed by atoms with E-state index >= 15 is 0 Å². The van der Waals surface area contributed by atoms with Gasteiger partial charge in [-0.2, -0.15) is 0 Å². The number of nitrogens with zero attached hydrogens (tertiary/aromatic N) is 2. The first kappa shape index (κ1) is 14.6.